The zero-order chi connectivity index (χ0) is 19.1. The van der Waals surface area contributed by atoms with Crippen LogP contribution >= 0.6 is 0 Å². The quantitative estimate of drug-likeness (QED) is 0.812. The Labute approximate surface area is 156 Å². The third kappa shape index (κ3) is 5.13. The first-order valence-corrected chi connectivity index (χ1v) is 8.86. The number of morpholine rings is 1. The average Bonchev–Trinajstić information content (AvgIpc) is 2.69. The van der Waals surface area contributed by atoms with Gasteiger partial charge in [-0.05, 0) is 24.6 Å². The van der Waals surface area contributed by atoms with Crippen LogP contribution in [0.1, 0.15) is 11.1 Å². The summed E-state index contributed by atoms with van der Waals surface area (Å²) in [6.45, 7) is 3.25. The van der Waals surface area contributed by atoms with Gasteiger partial charge in [-0.15, -0.1) is 0 Å². The molecule has 1 aliphatic rings. The average molecular weight is 376 g/mol. The molecular formula is C19H22F2N4O2. The van der Waals surface area contributed by atoms with Crippen LogP contribution in [0.4, 0.5) is 19.4 Å². The zero-order valence-corrected chi connectivity index (χ0v) is 14.9. The molecule has 0 bridgehead atoms. The summed E-state index contributed by atoms with van der Waals surface area (Å²) in [5.41, 5.74) is 0.870. The Morgan fingerprint density at radius 3 is 2.59 bits per heavy atom. The monoisotopic (exact) mass is 376 g/mol. The van der Waals surface area contributed by atoms with Crippen LogP contribution in [0.5, 0.6) is 0 Å². The number of pyridine rings is 1. The molecule has 1 aromatic heterocycles. The Kier molecular flexibility index (Phi) is 6.54. The molecule has 0 unspecified atom stereocenters. The van der Waals surface area contributed by atoms with E-state index in [1.165, 1.54) is 18.2 Å². The van der Waals surface area contributed by atoms with Gasteiger partial charge in [0.2, 0.25) is 0 Å². The van der Waals surface area contributed by atoms with Gasteiger partial charge in [-0.1, -0.05) is 12.1 Å². The van der Waals surface area contributed by atoms with Gasteiger partial charge in [-0.3, -0.25) is 0 Å². The number of hydrogen-bond acceptors (Lipinski definition) is 4. The number of carbonyl (C=O) groups excluding carboxylic acids is 1. The minimum absolute atomic E-state index is 0.0281. The van der Waals surface area contributed by atoms with Crippen LogP contribution in [0.3, 0.4) is 0 Å². The molecule has 1 fully saturated rings. The third-order valence-electron chi connectivity index (χ3n) is 4.34. The number of nitrogens with one attached hydrogen (secondary N) is 2. The van der Waals surface area contributed by atoms with Crippen molar-refractivity contribution in [1.29, 1.82) is 0 Å². The van der Waals surface area contributed by atoms with Crippen LogP contribution in [0.25, 0.3) is 0 Å². The van der Waals surface area contributed by atoms with Crippen LogP contribution in [0.15, 0.2) is 36.5 Å². The molecule has 1 aliphatic heterocycles. The van der Waals surface area contributed by atoms with Gasteiger partial charge >= 0.3 is 6.03 Å². The van der Waals surface area contributed by atoms with Crippen molar-refractivity contribution in [2.24, 2.45) is 0 Å². The lowest BCUT2D eigenvalue weighted by atomic mass is 10.1. The van der Waals surface area contributed by atoms with Crippen molar-refractivity contribution in [3.63, 3.8) is 0 Å². The maximum atomic E-state index is 13.6. The molecule has 0 saturated carbocycles. The molecule has 1 aromatic carbocycles. The summed E-state index contributed by atoms with van der Waals surface area (Å²) in [5, 5.41) is 5.38. The van der Waals surface area contributed by atoms with Crippen molar-refractivity contribution in [3.8, 4) is 0 Å². The summed E-state index contributed by atoms with van der Waals surface area (Å²) >= 11 is 0. The van der Waals surface area contributed by atoms with E-state index < -0.39 is 17.7 Å². The van der Waals surface area contributed by atoms with E-state index in [4.69, 9.17) is 4.74 Å². The molecule has 1 saturated heterocycles. The molecule has 2 N–H and O–H groups in total. The molecule has 2 aromatic rings. The Bertz CT molecular complexity index is 762. The molecule has 0 radical (unpaired) electrons. The van der Waals surface area contributed by atoms with E-state index in [0.29, 0.717) is 19.8 Å². The molecule has 2 heterocycles. The van der Waals surface area contributed by atoms with Crippen LogP contribution in [0.2, 0.25) is 0 Å². The van der Waals surface area contributed by atoms with Gasteiger partial charge in [0, 0.05) is 43.5 Å². The first-order valence-electron chi connectivity index (χ1n) is 8.86. The van der Waals surface area contributed by atoms with Crippen molar-refractivity contribution in [2.75, 3.05) is 37.7 Å². The van der Waals surface area contributed by atoms with Crippen molar-refractivity contribution in [2.45, 2.75) is 13.0 Å². The van der Waals surface area contributed by atoms with E-state index in [9.17, 15) is 13.6 Å². The highest BCUT2D eigenvalue weighted by Crippen LogP contribution is 2.18. The minimum atomic E-state index is -0.609. The summed E-state index contributed by atoms with van der Waals surface area (Å²) in [6, 6.07) is 7.05. The maximum Gasteiger partial charge on any atom is 0.315 e. The lowest BCUT2D eigenvalue weighted by molar-refractivity contribution is 0.122. The summed E-state index contributed by atoms with van der Waals surface area (Å²) in [7, 11) is 0. The van der Waals surface area contributed by atoms with Gasteiger partial charge in [-0.2, -0.15) is 0 Å². The molecule has 8 heteroatoms. The number of nitrogens with zero attached hydrogens (tertiary/aromatic N) is 2. The molecule has 3 rings (SSSR count). The number of amides is 2. The Morgan fingerprint density at radius 2 is 1.85 bits per heavy atom. The molecule has 2 amide bonds. The lowest BCUT2D eigenvalue weighted by Gasteiger charge is -2.29. The Balaban J connectivity index is 1.49. The first-order chi connectivity index (χ1) is 13.1. The minimum Gasteiger partial charge on any atom is -0.378 e. The van der Waals surface area contributed by atoms with E-state index in [2.05, 4.69) is 20.5 Å². The third-order valence-corrected chi connectivity index (χ3v) is 4.34. The molecule has 144 valence electrons. The SMILES string of the molecule is O=C(NCCc1c(F)cccc1F)NCc1cccnc1N1CCOCC1. The van der Waals surface area contributed by atoms with Crippen LogP contribution in [-0.2, 0) is 17.7 Å². The summed E-state index contributed by atoms with van der Waals surface area (Å²) < 4.78 is 32.5. The number of rotatable bonds is 6. The van der Waals surface area contributed by atoms with Crippen molar-refractivity contribution < 1.29 is 18.3 Å². The van der Waals surface area contributed by atoms with Crippen molar-refractivity contribution in [1.82, 2.24) is 15.6 Å². The normalized spacial score (nSPS) is 14.1. The molecule has 0 spiro atoms. The number of carbonyl (C=O) groups is 1. The standard InChI is InChI=1S/C19H22F2N4O2/c20-16-4-1-5-17(21)15(16)6-8-23-19(26)24-13-14-3-2-7-22-18(14)25-9-11-27-12-10-25/h1-5,7H,6,8-13H2,(H2,23,24,26). The predicted molar refractivity (Wildman–Crippen MR) is 97.6 cm³/mol. The Morgan fingerprint density at radius 1 is 1.11 bits per heavy atom. The smallest absolute Gasteiger partial charge is 0.315 e. The Hall–Kier alpha value is -2.74. The maximum absolute atomic E-state index is 13.6. The van der Waals surface area contributed by atoms with Gasteiger partial charge in [0.15, 0.2) is 0 Å². The second-order valence-corrected chi connectivity index (χ2v) is 6.15. The van der Waals surface area contributed by atoms with Gasteiger partial charge < -0.3 is 20.3 Å². The van der Waals surface area contributed by atoms with E-state index in [-0.39, 0.29) is 18.5 Å². The van der Waals surface area contributed by atoms with E-state index in [0.717, 1.165) is 24.5 Å². The predicted octanol–water partition coefficient (Wildman–Crippen LogP) is 2.24. The van der Waals surface area contributed by atoms with Crippen molar-refractivity contribution in [3.05, 3.63) is 59.3 Å². The number of urea groups is 1. The lowest BCUT2D eigenvalue weighted by Crippen LogP contribution is -2.39. The van der Waals surface area contributed by atoms with Gasteiger partial charge in [0.05, 0.1) is 13.2 Å². The molecule has 0 aliphatic carbocycles. The van der Waals surface area contributed by atoms with E-state index >= 15 is 0 Å². The fourth-order valence-corrected chi connectivity index (χ4v) is 2.94. The summed E-state index contributed by atoms with van der Waals surface area (Å²) in [5.74, 6) is -0.389. The zero-order valence-electron chi connectivity index (χ0n) is 14.9. The number of hydrogen-bond donors (Lipinski definition) is 2. The van der Waals surface area contributed by atoms with Gasteiger partial charge in [0.25, 0.3) is 0 Å². The summed E-state index contributed by atoms with van der Waals surface area (Å²) in [6.07, 6.45) is 1.80. The first kappa shape index (κ1) is 19.0. The van der Waals surface area contributed by atoms with Crippen LogP contribution < -0.4 is 15.5 Å². The number of aromatic nitrogens is 1. The van der Waals surface area contributed by atoms with Crippen molar-refractivity contribution >= 4 is 11.8 Å². The van der Waals surface area contributed by atoms with E-state index in [1.807, 2.05) is 12.1 Å². The van der Waals surface area contributed by atoms with Crippen LogP contribution in [-0.4, -0.2) is 43.9 Å². The number of benzene rings is 1. The second-order valence-electron chi connectivity index (χ2n) is 6.15. The molecule has 27 heavy (non-hydrogen) atoms. The highest BCUT2D eigenvalue weighted by molar-refractivity contribution is 5.74. The fraction of sp³-hybridized carbons (Fsp3) is 0.368. The van der Waals surface area contributed by atoms with Crippen LogP contribution in [0, 0.1) is 11.6 Å². The second kappa shape index (κ2) is 9.27. The van der Waals surface area contributed by atoms with Gasteiger partial charge in [-0.25, -0.2) is 18.6 Å². The largest absolute Gasteiger partial charge is 0.378 e. The van der Waals surface area contributed by atoms with Gasteiger partial charge in [0.1, 0.15) is 17.5 Å². The molecular weight excluding hydrogens is 354 g/mol. The molecule has 0 atom stereocenters. The topological polar surface area (TPSA) is 66.5 Å². The van der Waals surface area contributed by atoms with E-state index in [1.54, 1.807) is 6.20 Å². The molecule has 6 nitrogen and oxygen atoms in total. The number of halogens is 2. The highest BCUT2D eigenvalue weighted by Gasteiger charge is 2.16. The summed E-state index contributed by atoms with van der Waals surface area (Å²) in [4.78, 5) is 18.5. The fourth-order valence-electron chi connectivity index (χ4n) is 2.94. The number of ether oxygens (including phenoxy) is 1. The number of anilines is 1. The highest BCUT2D eigenvalue weighted by atomic mass is 19.1.